The van der Waals surface area contributed by atoms with E-state index in [1.54, 1.807) is 0 Å². The van der Waals surface area contributed by atoms with Gasteiger partial charge in [-0.05, 0) is 40.5 Å². The van der Waals surface area contributed by atoms with Crippen LogP contribution < -0.4 is 0 Å². The molecule has 0 fully saturated rings. The van der Waals surface area contributed by atoms with Gasteiger partial charge >= 0.3 is 0 Å². The zero-order valence-electron chi connectivity index (χ0n) is 13.9. The highest BCUT2D eigenvalue weighted by atomic mass is 35.5. The fourth-order valence-electron chi connectivity index (χ4n) is 2.70. The second-order valence-corrected chi connectivity index (χ2v) is 12.9. The SMILES string of the molecule is CB1C(c2ccc(Cl)cc2)=CC=CN1[Si](C)(C)C(C)(C)C. The van der Waals surface area contributed by atoms with Crippen LogP contribution in [0.3, 0.4) is 0 Å². The van der Waals surface area contributed by atoms with Crippen LogP contribution in [0.1, 0.15) is 26.3 Å². The minimum atomic E-state index is -1.57. The van der Waals surface area contributed by atoms with Crippen LogP contribution in [0.15, 0.2) is 42.6 Å². The molecule has 21 heavy (non-hydrogen) atoms. The number of hydrogen-bond acceptors (Lipinski definition) is 1. The predicted octanol–water partition coefficient (Wildman–Crippen LogP) is 5.72. The Morgan fingerprint density at radius 2 is 1.67 bits per heavy atom. The molecule has 0 unspecified atom stereocenters. The van der Waals surface area contributed by atoms with Crippen LogP contribution in [-0.2, 0) is 0 Å². The second-order valence-electron chi connectivity index (χ2n) is 7.36. The van der Waals surface area contributed by atoms with Gasteiger partial charge in [-0.15, -0.1) is 0 Å². The lowest BCUT2D eigenvalue weighted by molar-refractivity contribution is 0.653. The highest BCUT2D eigenvalue weighted by Crippen LogP contribution is 2.41. The molecular formula is C17H25BClNSi. The van der Waals surface area contributed by atoms with E-state index in [0.29, 0.717) is 11.9 Å². The van der Waals surface area contributed by atoms with E-state index in [4.69, 9.17) is 11.6 Å². The Labute approximate surface area is 135 Å². The Bertz CT molecular complexity index is 569. The van der Waals surface area contributed by atoms with Gasteiger partial charge in [0.15, 0.2) is 0 Å². The van der Waals surface area contributed by atoms with Crippen LogP contribution in [-0.4, -0.2) is 19.6 Å². The van der Waals surface area contributed by atoms with Gasteiger partial charge in [0.25, 0.3) is 6.85 Å². The molecule has 0 saturated carbocycles. The summed E-state index contributed by atoms with van der Waals surface area (Å²) in [6, 6.07) is 8.18. The predicted molar refractivity (Wildman–Crippen MR) is 99.2 cm³/mol. The molecule has 2 rings (SSSR count). The van der Waals surface area contributed by atoms with Crippen LogP contribution >= 0.6 is 11.6 Å². The minimum Gasteiger partial charge on any atom is -0.444 e. The Morgan fingerprint density at radius 3 is 2.19 bits per heavy atom. The fourth-order valence-corrected chi connectivity index (χ4v) is 5.16. The van der Waals surface area contributed by atoms with Crippen molar-refractivity contribution in [3.05, 3.63) is 53.2 Å². The first kappa shape index (κ1) is 16.4. The molecule has 4 heteroatoms. The molecule has 0 bridgehead atoms. The monoisotopic (exact) mass is 317 g/mol. The van der Waals surface area contributed by atoms with Gasteiger partial charge in [-0.2, -0.15) is 0 Å². The van der Waals surface area contributed by atoms with E-state index in [0.717, 1.165) is 5.02 Å². The molecule has 0 atom stereocenters. The molecule has 0 amide bonds. The molecule has 112 valence electrons. The standard InChI is InChI=1S/C17H25BClNSi/c1-17(2,3)21(5,6)20-13-7-8-16(18(20)4)14-9-11-15(19)12-10-14/h7-13H,1-6H3. The van der Waals surface area contributed by atoms with Crippen LogP contribution in [0, 0.1) is 0 Å². The molecule has 1 aromatic rings. The van der Waals surface area contributed by atoms with Gasteiger partial charge in [-0.1, -0.05) is 70.5 Å². The first-order valence-electron chi connectivity index (χ1n) is 7.57. The van der Waals surface area contributed by atoms with Gasteiger partial charge in [0, 0.05) is 5.02 Å². The molecule has 0 radical (unpaired) electrons. The summed E-state index contributed by atoms with van der Waals surface area (Å²) >= 11 is 6.01. The Morgan fingerprint density at radius 1 is 1.10 bits per heavy atom. The first-order valence-corrected chi connectivity index (χ1v) is 10.9. The third-order valence-corrected chi connectivity index (χ3v) is 10.8. The van der Waals surface area contributed by atoms with Crippen LogP contribution in [0.25, 0.3) is 5.47 Å². The van der Waals surface area contributed by atoms with Crippen molar-refractivity contribution in [3.63, 3.8) is 0 Å². The highest BCUT2D eigenvalue weighted by molar-refractivity contribution is 6.92. The van der Waals surface area contributed by atoms with Gasteiger partial charge in [-0.3, -0.25) is 0 Å². The van der Waals surface area contributed by atoms with E-state index in [1.807, 2.05) is 12.1 Å². The number of benzene rings is 1. The van der Waals surface area contributed by atoms with E-state index in [9.17, 15) is 0 Å². The molecule has 1 nitrogen and oxygen atoms in total. The Hall–Kier alpha value is -0.928. The van der Waals surface area contributed by atoms with E-state index in [-0.39, 0.29) is 0 Å². The fraction of sp³-hybridized carbons (Fsp3) is 0.412. The van der Waals surface area contributed by atoms with Crippen molar-refractivity contribution in [1.29, 1.82) is 0 Å². The Balaban J connectivity index is 2.35. The molecule has 0 N–H and O–H groups in total. The lowest BCUT2D eigenvalue weighted by atomic mass is 9.54. The van der Waals surface area contributed by atoms with Gasteiger partial charge in [0.05, 0.1) is 0 Å². The molecule has 1 aliphatic heterocycles. The zero-order chi connectivity index (χ0) is 15.8. The third kappa shape index (κ3) is 3.14. The number of allylic oxidation sites excluding steroid dienone is 2. The van der Waals surface area contributed by atoms with Crippen LogP contribution in [0.5, 0.6) is 0 Å². The number of hydrogen-bond donors (Lipinski definition) is 0. The van der Waals surface area contributed by atoms with Crippen molar-refractivity contribution >= 4 is 32.2 Å². The molecule has 0 aromatic heterocycles. The maximum absolute atomic E-state index is 6.01. The van der Waals surface area contributed by atoms with E-state index in [1.165, 1.54) is 11.0 Å². The average molecular weight is 318 g/mol. The minimum absolute atomic E-state index is 0.327. The highest BCUT2D eigenvalue weighted by Gasteiger charge is 2.43. The maximum atomic E-state index is 6.01. The lowest BCUT2D eigenvalue weighted by Crippen LogP contribution is -2.58. The van der Waals surface area contributed by atoms with Crippen molar-refractivity contribution in [2.45, 2.75) is 45.7 Å². The summed E-state index contributed by atoms with van der Waals surface area (Å²) in [5.41, 5.74) is 2.64. The second kappa shape index (κ2) is 5.69. The van der Waals surface area contributed by atoms with Crippen LogP contribution in [0.2, 0.25) is 30.0 Å². The quantitative estimate of drug-likeness (QED) is 0.631. The Kier molecular flexibility index (Phi) is 4.46. The molecule has 1 heterocycles. The van der Waals surface area contributed by atoms with Crippen molar-refractivity contribution in [1.82, 2.24) is 4.48 Å². The van der Waals surface area contributed by atoms with E-state index >= 15 is 0 Å². The largest absolute Gasteiger partial charge is 0.444 e. The molecule has 1 aliphatic rings. The first-order chi connectivity index (χ1) is 9.64. The molecule has 0 aliphatic carbocycles. The normalized spacial score (nSPS) is 16.2. The topological polar surface area (TPSA) is 3.24 Å². The summed E-state index contributed by atoms with van der Waals surface area (Å²) < 4.78 is 2.61. The smallest absolute Gasteiger partial charge is 0.277 e. The summed E-state index contributed by atoms with van der Waals surface area (Å²) in [6.45, 7) is 14.7. The van der Waals surface area contributed by atoms with Gasteiger partial charge < -0.3 is 4.48 Å². The number of halogens is 1. The zero-order valence-corrected chi connectivity index (χ0v) is 15.7. The number of nitrogens with zero attached hydrogens (tertiary/aromatic N) is 1. The summed E-state index contributed by atoms with van der Waals surface area (Å²) in [5, 5.41) is 1.12. The third-order valence-electron chi connectivity index (χ3n) is 5.05. The molecule has 0 spiro atoms. The summed E-state index contributed by atoms with van der Waals surface area (Å²) in [4.78, 5) is 0. The van der Waals surface area contributed by atoms with Crippen molar-refractivity contribution in [2.24, 2.45) is 0 Å². The summed E-state index contributed by atoms with van der Waals surface area (Å²) in [6.07, 6.45) is 6.70. The molecular weight excluding hydrogens is 293 g/mol. The van der Waals surface area contributed by atoms with Crippen molar-refractivity contribution in [2.75, 3.05) is 0 Å². The summed E-state index contributed by atoms with van der Waals surface area (Å²) in [5.74, 6) is 0. The van der Waals surface area contributed by atoms with Crippen LogP contribution in [0.4, 0.5) is 0 Å². The molecule has 1 aromatic carbocycles. The van der Waals surface area contributed by atoms with E-state index < -0.39 is 8.24 Å². The van der Waals surface area contributed by atoms with Crippen molar-refractivity contribution < 1.29 is 0 Å². The van der Waals surface area contributed by atoms with Gasteiger partial charge in [-0.25, -0.2) is 0 Å². The van der Waals surface area contributed by atoms with Crippen molar-refractivity contribution in [3.8, 4) is 0 Å². The van der Waals surface area contributed by atoms with Gasteiger partial charge in [0.1, 0.15) is 8.24 Å². The summed E-state index contributed by atoms with van der Waals surface area (Å²) in [7, 11) is -1.57. The average Bonchev–Trinajstić information content (AvgIpc) is 2.38. The van der Waals surface area contributed by atoms with Gasteiger partial charge in [0.2, 0.25) is 0 Å². The number of rotatable bonds is 2. The lowest BCUT2D eigenvalue weighted by Gasteiger charge is -2.49. The van der Waals surface area contributed by atoms with E-state index in [2.05, 4.69) is 75.6 Å². The molecule has 0 saturated heterocycles. The maximum Gasteiger partial charge on any atom is 0.277 e.